The maximum absolute atomic E-state index is 11.8. The zero-order chi connectivity index (χ0) is 14.4. The first-order valence-corrected chi connectivity index (χ1v) is 5.90. The van der Waals surface area contributed by atoms with E-state index in [1.807, 2.05) is 26.0 Å². The first-order valence-electron chi connectivity index (χ1n) is 5.90. The van der Waals surface area contributed by atoms with Gasteiger partial charge in [0.25, 0.3) is 0 Å². The lowest BCUT2D eigenvalue weighted by Crippen LogP contribution is -2.12. The third kappa shape index (κ3) is 4.17. The van der Waals surface area contributed by atoms with E-state index >= 15 is 0 Å². The van der Waals surface area contributed by atoms with Crippen molar-refractivity contribution < 1.29 is 19.1 Å². The number of methoxy groups -OCH3 is 1. The molecule has 1 rings (SSSR count). The Morgan fingerprint density at radius 2 is 1.63 bits per heavy atom. The number of carbonyl (C=O) groups excluding carboxylic acids is 3. The van der Waals surface area contributed by atoms with Gasteiger partial charge >= 0.3 is 5.97 Å². The van der Waals surface area contributed by atoms with Crippen molar-refractivity contribution in [2.75, 3.05) is 7.11 Å². The summed E-state index contributed by atoms with van der Waals surface area (Å²) in [6.07, 6.45) is 1.85. The molecule has 0 radical (unpaired) electrons. The molecule has 0 amide bonds. The van der Waals surface area contributed by atoms with Gasteiger partial charge in [-0.05, 0) is 17.6 Å². The van der Waals surface area contributed by atoms with Gasteiger partial charge in [-0.1, -0.05) is 38.1 Å². The van der Waals surface area contributed by atoms with E-state index < -0.39 is 17.5 Å². The van der Waals surface area contributed by atoms with Crippen molar-refractivity contribution in [1.29, 1.82) is 0 Å². The van der Waals surface area contributed by atoms with Gasteiger partial charge in [0, 0.05) is 11.6 Å². The van der Waals surface area contributed by atoms with Crippen LogP contribution in [0.5, 0.6) is 0 Å². The van der Waals surface area contributed by atoms with Gasteiger partial charge in [0.2, 0.25) is 11.6 Å². The molecule has 0 fully saturated rings. The number of Topliss-reactive ketones (excluding diaryl/α,β-unsaturated/α-hetero) is 1. The van der Waals surface area contributed by atoms with E-state index in [0.717, 1.165) is 17.7 Å². The van der Waals surface area contributed by atoms with E-state index in [4.69, 9.17) is 0 Å². The molecule has 0 aliphatic heterocycles. The molecule has 0 aromatic heterocycles. The zero-order valence-electron chi connectivity index (χ0n) is 11.2. The lowest BCUT2D eigenvalue weighted by molar-refractivity contribution is -0.135. The molecule has 0 saturated carbocycles. The third-order valence-corrected chi connectivity index (χ3v) is 2.64. The normalized spacial score (nSPS) is 10.7. The average Bonchev–Trinajstić information content (AvgIpc) is 2.43. The van der Waals surface area contributed by atoms with Crippen LogP contribution in [-0.4, -0.2) is 24.6 Å². The summed E-state index contributed by atoms with van der Waals surface area (Å²) in [5, 5.41) is 0. The predicted molar refractivity (Wildman–Crippen MR) is 71.0 cm³/mol. The molecule has 1 aromatic rings. The topological polar surface area (TPSA) is 60.4 Å². The monoisotopic (exact) mass is 260 g/mol. The van der Waals surface area contributed by atoms with Crippen LogP contribution in [0.2, 0.25) is 0 Å². The smallest absolute Gasteiger partial charge is 0.330 e. The predicted octanol–water partition coefficient (Wildman–Crippen LogP) is 2.29. The highest BCUT2D eigenvalue weighted by Gasteiger charge is 2.13. The van der Waals surface area contributed by atoms with E-state index in [2.05, 4.69) is 4.74 Å². The van der Waals surface area contributed by atoms with Crippen LogP contribution in [0.3, 0.4) is 0 Å². The minimum atomic E-state index is -0.748. The first-order chi connectivity index (χ1) is 8.95. The number of carbonyl (C=O) groups is 3. The lowest BCUT2D eigenvalue weighted by Gasteiger charge is -2.05. The van der Waals surface area contributed by atoms with E-state index in [1.165, 1.54) is 7.11 Å². The van der Waals surface area contributed by atoms with Gasteiger partial charge in [-0.3, -0.25) is 9.59 Å². The number of allylic oxidation sites excluding steroid dienone is 1. The molecule has 0 aliphatic rings. The van der Waals surface area contributed by atoms with Gasteiger partial charge in [-0.25, -0.2) is 4.79 Å². The van der Waals surface area contributed by atoms with Crippen LogP contribution in [0.15, 0.2) is 36.4 Å². The molecule has 0 unspecified atom stereocenters. The van der Waals surface area contributed by atoms with E-state index in [9.17, 15) is 14.4 Å². The number of hydrogen-bond donors (Lipinski definition) is 0. The summed E-state index contributed by atoms with van der Waals surface area (Å²) in [4.78, 5) is 34.1. The van der Waals surface area contributed by atoms with Crippen molar-refractivity contribution in [3.63, 3.8) is 0 Å². The molecule has 0 heterocycles. The molecule has 0 N–H and O–H groups in total. The van der Waals surface area contributed by atoms with Gasteiger partial charge in [-0.15, -0.1) is 0 Å². The Kier molecular flexibility index (Phi) is 5.18. The fourth-order valence-electron chi connectivity index (χ4n) is 1.45. The molecule has 4 heteroatoms. The Balaban J connectivity index is 2.80. The van der Waals surface area contributed by atoms with Crippen molar-refractivity contribution in [3.05, 3.63) is 47.5 Å². The molecule has 0 saturated heterocycles. The number of benzene rings is 1. The van der Waals surface area contributed by atoms with Crippen molar-refractivity contribution in [3.8, 4) is 0 Å². The van der Waals surface area contributed by atoms with Crippen LogP contribution in [0.25, 0.3) is 0 Å². The molecule has 0 aliphatic carbocycles. The number of rotatable bonds is 5. The fourth-order valence-corrected chi connectivity index (χ4v) is 1.45. The van der Waals surface area contributed by atoms with E-state index in [0.29, 0.717) is 11.5 Å². The summed E-state index contributed by atoms with van der Waals surface area (Å²) in [6, 6.07) is 6.85. The largest absolute Gasteiger partial charge is 0.466 e. The standard InChI is InChI=1S/C15H16O4/c1-10(2)11-4-6-12(7-5-11)15(18)13(16)8-9-14(17)19-3/h4-10H,1-3H3/b9-8+. The summed E-state index contributed by atoms with van der Waals surface area (Å²) in [5.41, 5.74) is 1.40. The maximum Gasteiger partial charge on any atom is 0.330 e. The molecule has 100 valence electrons. The summed E-state index contributed by atoms with van der Waals surface area (Å²) in [5.74, 6) is -1.70. The maximum atomic E-state index is 11.8. The van der Waals surface area contributed by atoms with E-state index in [1.54, 1.807) is 12.1 Å². The summed E-state index contributed by atoms with van der Waals surface area (Å²) >= 11 is 0. The molecular formula is C15H16O4. The number of hydrogen-bond acceptors (Lipinski definition) is 4. The van der Waals surface area contributed by atoms with Gasteiger partial charge in [0.1, 0.15) is 0 Å². The van der Waals surface area contributed by atoms with Crippen LogP contribution in [-0.2, 0) is 14.3 Å². The van der Waals surface area contributed by atoms with Crippen LogP contribution >= 0.6 is 0 Å². The first kappa shape index (κ1) is 14.8. The second kappa shape index (κ2) is 6.64. The summed E-state index contributed by atoms with van der Waals surface area (Å²) in [6.45, 7) is 4.09. The quantitative estimate of drug-likeness (QED) is 0.353. The molecule has 0 spiro atoms. The highest BCUT2D eigenvalue weighted by molar-refractivity contribution is 6.47. The highest BCUT2D eigenvalue weighted by atomic mass is 16.5. The summed E-state index contributed by atoms with van der Waals surface area (Å²) in [7, 11) is 1.20. The van der Waals surface area contributed by atoms with Crippen LogP contribution < -0.4 is 0 Å². The highest BCUT2D eigenvalue weighted by Crippen LogP contribution is 2.15. The summed E-state index contributed by atoms with van der Waals surface area (Å²) < 4.78 is 4.34. The number of ether oxygens (including phenoxy) is 1. The molecule has 0 atom stereocenters. The Morgan fingerprint density at radius 3 is 2.11 bits per heavy atom. The molecule has 4 nitrogen and oxygen atoms in total. The van der Waals surface area contributed by atoms with Crippen molar-refractivity contribution in [2.24, 2.45) is 0 Å². The zero-order valence-corrected chi connectivity index (χ0v) is 11.2. The molecule has 0 bridgehead atoms. The third-order valence-electron chi connectivity index (χ3n) is 2.64. The van der Waals surface area contributed by atoms with Gasteiger partial charge in [-0.2, -0.15) is 0 Å². The van der Waals surface area contributed by atoms with Gasteiger partial charge < -0.3 is 4.74 Å². The van der Waals surface area contributed by atoms with Crippen molar-refractivity contribution >= 4 is 17.5 Å². The van der Waals surface area contributed by atoms with E-state index in [-0.39, 0.29) is 0 Å². The molecule has 19 heavy (non-hydrogen) atoms. The Hall–Kier alpha value is -2.23. The van der Waals surface area contributed by atoms with Crippen LogP contribution in [0.1, 0.15) is 35.7 Å². The van der Waals surface area contributed by atoms with Crippen LogP contribution in [0, 0.1) is 0 Å². The SMILES string of the molecule is COC(=O)/C=C/C(=O)C(=O)c1ccc(C(C)C)cc1. The number of esters is 1. The second-order valence-electron chi connectivity index (χ2n) is 4.33. The fraction of sp³-hybridized carbons (Fsp3) is 0.267. The van der Waals surface area contributed by atoms with Gasteiger partial charge in [0.15, 0.2) is 0 Å². The molecular weight excluding hydrogens is 244 g/mol. The Labute approximate surface area is 112 Å². The average molecular weight is 260 g/mol. The molecule has 1 aromatic carbocycles. The number of ketones is 2. The Morgan fingerprint density at radius 1 is 1.05 bits per heavy atom. The minimum Gasteiger partial charge on any atom is -0.466 e. The van der Waals surface area contributed by atoms with Crippen LogP contribution in [0.4, 0.5) is 0 Å². The van der Waals surface area contributed by atoms with Crippen molar-refractivity contribution in [1.82, 2.24) is 0 Å². The van der Waals surface area contributed by atoms with Crippen molar-refractivity contribution in [2.45, 2.75) is 19.8 Å². The second-order valence-corrected chi connectivity index (χ2v) is 4.33. The van der Waals surface area contributed by atoms with Gasteiger partial charge in [0.05, 0.1) is 7.11 Å². The Bertz CT molecular complexity index is 509. The lowest BCUT2D eigenvalue weighted by atomic mass is 9.99. The minimum absolute atomic E-state index is 0.309.